The Morgan fingerprint density at radius 2 is 2.07 bits per heavy atom. The van der Waals surface area contributed by atoms with Crippen molar-refractivity contribution in [3.63, 3.8) is 0 Å². The standard InChI is InChI=1S/C10H20N4/c1-3-14-9(11)12-8-10(14)4-6-13(2)7-5-10/h3-8H2,1-2H3,(H2,11,12). The van der Waals surface area contributed by atoms with Gasteiger partial charge in [0.1, 0.15) is 0 Å². The lowest BCUT2D eigenvalue weighted by Gasteiger charge is -2.44. The maximum atomic E-state index is 5.89. The highest BCUT2D eigenvalue weighted by atomic mass is 15.4. The Balaban J connectivity index is 2.10. The molecule has 0 aromatic heterocycles. The van der Waals surface area contributed by atoms with E-state index in [0.29, 0.717) is 0 Å². The molecule has 1 saturated heterocycles. The number of nitrogens with zero attached hydrogens (tertiary/aromatic N) is 3. The summed E-state index contributed by atoms with van der Waals surface area (Å²) in [5.74, 6) is 0.747. The number of guanidine groups is 1. The van der Waals surface area contributed by atoms with E-state index in [0.717, 1.165) is 19.0 Å². The van der Waals surface area contributed by atoms with E-state index in [2.05, 4.69) is 28.8 Å². The molecule has 0 atom stereocenters. The fourth-order valence-corrected chi connectivity index (χ4v) is 2.60. The first-order valence-electron chi connectivity index (χ1n) is 5.44. The number of likely N-dealkylation sites (tertiary alicyclic amines) is 1. The largest absolute Gasteiger partial charge is 0.370 e. The highest BCUT2D eigenvalue weighted by Gasteiger charge is 2.42. The quantitative estimate of drug-likeness (QED) is 0.647. The van der Waals surface area contributed by atoms with Gasteiger partial charge in [-0.2, -0.15) is 0 Å². The van der Waals surface area contributed by atoms with Crippen molar-refractivity contribution in [2.45, 2.75) is 25.3 Å². The van der Waals surface area contributed by atoms with Crippen LogP contribution in [-0.4, -0.2) is 54.5 Å². The van der Waals surface area contributed by atoms with Crippen LogP contribution < -0.4 is 5.73 Å². The third kappa shape index (κ3) is 1.38. The number of rotatable bonds is 1. The van der Waals surface area contributed by atoms with Crippen molar-refractivity contribution in [3.05, 3.63) is 0 Å². The van der Waals surface area contributed by atoms with Gasteiger partial charge in [0.15, 0.2) is 5.96 Å². The molecule has 0 aromatic rings. The summed E-state index contributed by atoms with van der Waals surface area (Å²) in [4.78, 5) is 9.07. The predicted octanol–water partition coefficient (Wildman–Crippen LogP) is 0.101. The first-order chi connectivity index (χ1) is 6.68. The maximum absolute atomic E-state index is 5.89. The molecule has 2 rings (SSSR count). The first kappa shape index (κ1) is 9.77. The minimum absolute atomic E-state index is 0.255. The van der Waals surface area contributed by atoms with Gasteiger partial charge in [-0.1, -0.05) is 0 Å². The van der Waals surface area contributed by atoms with Crippen molar-refractivity contribution in [1.29, 1.82) is 0 Å². The summed E-state index contributed by atoms with van der Waals surface area (Å²) in [5, 5.41) is 0. The van der Waals surface area contributed by atoms with Crippen LogP contribution in [0.15, 0.2) is 4.99 Å². The van der Waals surface area contributed by atoms with Gasteiger partial charge >= 0.3 is 0 Å². The molecule has 0 saturated carbocycles. The van der Waals surface area contributed by atoms with Crippen LogP contribution in [0.1, 0.15) is 19.8 Å². The van der Waals surface area contributed by atoms with Gasteiger partial charge in [0.05, 0.1) is 12.1 Å². The fourth-order valence-electron chi connectivity index (χ4n) is 2.60. The zero-order chi connectivity index (χ0) is 10.2. The van der Waals surface area contributed by atoms with Crippen LogP contribution in [0.5, 0.6) is 0 Å². The van der Waals surface area contributed by atoms with Gasteiger partial charge in [-0.05, 0) is 26.8 Å². The Labute approximate surface area is 85.8 Å². The third-order valence-corrected chi connectivity index (χ3v) is 3.62. The summed E-state index contributed by atoms with van der Waals surface area (Å²) in [6.07, 6.45) is 2.39. The Bertz CT molecular complexity index is 241. The average Bonchev–Trinajstić information content (AvgIpc) is 2.49. The number of hydrogen-bond donors (Lipinski definition) is 1. The molecule has 2 N–H and O–H groups in total. The fraction of sp³-hybridized carbons (Fsp3) is 0.900. The number of piperidine rings is 1. The van der Waals surface area contributed by atoms with Crippen LogP contribution in [0.3, 0.4) is 0 Å². The van der Waals surface area contributed by atoms with Crippen molar-refractivity contribution >= 4 is 5.96 Å². The van der Waals surface area contributed by atoms with Gasteiger partial charge in [0, 0.05) is 19.6 Å². The van der Waals surface area contributed by atoms with Crippen LogP contribution in [0.2, 0.25) is 0 Å². The monoisotopic (exact) mass is 196 g/mol. The highest BCUT2D eigenvalue weighted by Crippen LogP contribution is 2.32. The van der Waals surface area contributed by atoms with E-state index in [1.54, 1.807) is 0 Å². The number of aliphatic imine (C=N–C) groups is 1. The molecule has 0 aliphatic carbocycles. The van der Waals surface area contributed by atoms with Crippen molar-refractivity contribution in [2.24, 2.45) is 10.7 Å². The molecule has 0 bridgehead atoms. The van der Waals surface area contributed by atoms with E-state index >= 15 is 0 Å². The van der Waals surface area contributed by atoms with E-state index in [4.69, 9.17) is 5.73 Å². The average molecular weight is 196 g/mol. The van der Waals surface area contributed by atoms with Gasteiger partial charge in [0.25, 0.3) is 0 Å². The third-order valence-electron chi connectivity index (χ3n) is 3.62. The second-order valence-corrected chi connectivity index (χ2v) is 4.45. The Hall–Kier alpha value is -0.770. The second kappa shape index (κ2) is 3.42. The number of hydrogen-bond acceptors (Lipinski definition) is 4. The van der Waals surface area contributed by atoms with Gasteiger partial charge in [-0.15, -0.1) is 0 Å². The molecule has 0 radical (unpaired) electrons. The van der Waals surface area contributed by atoms with Gasteiger partial charge in [0.2, 0.25) is 0 Å². The van der Waals surface area contributed by atoms with Crippen molar-refractivity contribution in [3.8, 4) is 0 Å². The summed E-state index contributed by atoms with van der Waals surface area (Å²) in [6, 6.07) is 0. The molecule has 2 aliphatic rings. The van der Waals surface area contributed by atoms with Crippen LogP contribution in [-0.2, 0) is 0 Å². The Kier molecular flexibility index (Phi) is 2.39. The summed E-state index contributed by atoms with van der Waals surface area (Å²) < 4.78 is 0. The lowest BCUT2D eigenvalue weighted by Crippen LogP contribution is -2.56. The molecule has 4 nitrogen and oxygen atoms in total. The minimum atomic E-state index is 0.255. The topological polar surface area (TPSA) is 44.9 Å². The molecule has 2 heterocycles. The number of nitrogens with two attached hydrogens (primary N) is 1. The highest BCUT2D eigenvalue weighted by molar-refractivity contribution is 5.81. The lowest BCUT2D eigenvalue weighted by atomic mass is 9.87. The van der Waals surface area contributed by atoms with Gasteiger partial charge in [-0.25, -0.2) is 0 Å². The molecule has 2 aliphatic heterocycles. The van der Waals surface area contributed by atoms with Crippen LogP contribution in [0, 0.1) is 0 Å². The zero-order valence-electron chi connectivity index (χ0n) is 9.16. The van der Waals surface area contributed by atoms with Crippen molar-refractivity contribution in [2.75, 3.05) is 33.2 Å². The SMILES string of the molecule is CCN1C(N)=NCC12CCN(C)CC2. The van der Waals surface area contributed by atoms with E-state index in [1.165, 1.54) is 25.9 Å². The molecule has 1 spiro atoms. The summed E-state index contributed by atoms with van der Waals surface area (Å²) >= 11 is 0. The molecular formula is C10H20N4. The Morgan fingerprint density at radius 1 is 1.43 bits per heavy atom. The van der Waals surface area contributed by atoms with Crippen molar-refractivity contribution < 1.29 is 0 Å². The Morgan fingerprint density at radius 3 is 2.64 bits per heavy atom. The molecule has 0 unspecified atom stereocenters. The molecule has 0 amide bonds. The molecule has 4 heteroatoms. The first-order valence-corrected chi connectivity index (χ1v) is 5.44. The van der Waals surface area contributed by atoms with E-state index < -0.39 is 0 Å². The molecule has 14 heavy (non-hydrogen) atoms. The molecule has 0 aromatic carbocycles. The maximum Gasteiger partial charge on any atom is 0.191 e. The van der Waals surface area contributed by atoms with E-state index in [1.807, 2.05) is 0 Å². The van der Waals surface area contributed by atoms with Gasteiger partial charge in [-0.3, -0.25) is 4.99 Å². The van der Waals surface area contributed by atoms with Crippen LogP contribution in [0.25, 0.3) is 0 Å². The zero-order valence-corrected chi connectivity index (χ0v) is 9.16. The second-order valence-electron chi connectivity index (χ2n) is 4.45. The van der Waals surface area contributed by atoms with Crippen molar-refractivity contribution in [1.82, 2.24) is 9.80 Å². The van der Waals surface area contributed by atoms with E-state index in [-0.39, 0.29) is 5.54 Å². The smallest absolute Gasteiger partial charge is 0.191 e. The minimum Gasteiger partial charge on any atom is -0.370 e. The molecular weight excluding hydrogens is 176 g/mol. The lowest BCUT2D eigenvalue weighted by molar-refractivity contribution is 0.103. The van der Waals surface area contributed by atoms with E-state index in [9.17, 15) is 0 Å². The van der Waals surface area contributed by atoms with Gasteiger partial charge < -0.3 is 15.5 Å². The summed E-state index contributed by atoms with van der Waals surface area (Å²) in [7, 11) is 2.18. The number of likely N-dealkylation sites (N-methyl/N-ethyl adjacent to an activating group) is 1. The summed E-state index contributed by atoms with van der Waals surface area (Å²) in [6.45, 7) is 6.38. The summed E-state index contributed by atoms with van der Waals surface area (Å²) in [5.41, 5.74) is 6.15. The molecule has 1 fully saturated rings. The van der Waals surface area contributed by atoms with Crippen LogP contribution >= 0.6 is 0 Å². The van der Waals surface area contributed by atoms with Crippen LogP contribution in [0.4, 0.5) is 0 Å². The predicted molar refractivity (Wildman–Crippen MR) is 58.3 cm³/mol. The molecule has 80 valence electrons. The normalized spacial score (nSPS) is 27.0.